The summed E-state index contributed by atoms with van der Waals surface area (Å²) in [6.07, 6.45) is 1.42. The average molecular weight is 238 g/mol. The molecule has 0 saturated heterocycles. The fraction of sp³-hybridized carbons (Fsp3) is 0.250. The first-order chi connectivity index (χ1) is 7.58. The molecule has 2 heterocycles. The van der Waals surface area contributed by atoms with E-state index in [1.165, 1.54) is 22.2 Å². The van der Waals surface area contributed by atoms with Crippen molar-refractivity contribution in [3.05, 3.63) is 16.8 Å². The smallest absolute Gasteiger partial charge is 0.262 e. The number of rotatable bonds is 2. The summed E-state index contributed by atoms with van der Waals surface area (Å²) >= 11 is 1.30. The van der Waals surface area contributed by atoms with E-state index in [9.17, 15) is 4.79 Å². The Labute approximate surface area is 95.3 Å². The molecule has 0 spiro atoms. The topological polar surface area (TPSA) is 98.7 Å². The quantitative estimate of drug-likeness (QED) is 0.789. The number of nitrogen functional groups attached to an aromatic ring is 1. The molecule has 1 amide bonds. The zero-order chi connectivity index (χ0) is 11.7. The van der Waals surface area contributed by atoms with Crippen molar-refractivity contribution >= 4 is 28.2 Å². The molecule has 2 aromatic heterocycles. The van der Waals surface area contributed by atoms with Gasteiger partial charge in [-0.25, -0.2) is 0 Å². The predicted molar refractivity (Wildman–Crippen MR) is 60.2 cm³/mol. The third kappa shape index (κ3) is 1.87. The van der Waals surface area contributed by atoms with Crippen molar-refractivity contribution in [3.8, 4) is 0 Å². The molecule has 0 bridgehead atoms. The molecule has 0 radical (unpaired) electrons. The number of anilines is 2. The first-order valence-electron chi connectivity index (χ1n) is 4.47. The Bertz CT molecular complexity index is 530. The number of amides is 1. The molecule has 84 valence electrons. The number of carbonyl (C=O) groups is 1. The lowest BCUT2D eigenvalue weighted by Crippen LogP contribution is -2.13. The van der Waals surface area contributed by atoms with Crippen LogP contribution in [0.3, 0.4) is 0 Å². The number of aryl methyl sites for hydroxylation is 2. The minimum absolute atomic E-state index is 0.318. The summed E-state index contributed by atoms with van der Waals surface area (Å²) in [6.45, 7) is 1.81. The molecule has 0 aromatic carbocycles. The highest BCUT2D eigenvalue weighted by Gasteiger charge is 2.15. The standard InChI is InChI=1S/C8H10N6OS/c1-4-12-13-8(16-4)11-7(15)5-3-10-14(2)6(5)9/h3H,9H2,1-2H3,(H,11,13,15). The van der Waals surface area contributed by atoms with E-state index in [1.807, 2.05) is 6.92 Å². The first kappa shape index (κ1) is 10.6. The van der Waals surface area contributed by atoms with Crippen molar-refractivity contribution in [2.24, 2.45) is 7.05 Å². The van der Waals surface area contributed by atoms with E-state index < -0.39 is 0 Å². The van der Waals surface area contributed by atoms with Crippen LogP contribution in [0, 0.1) is 6.92 Å². The van der Waals surface area contributed by atoms with Crippen molar-refractivity contribution in [2.75, 3.05) is 11.1 Å². The Kier molecular flexibility index (Phi) is 2.57. The maximum atomic E-state index is 11.8. The molecule has 3 N–H and O–H groups in total. The van der Waals surface area contributed by atoms with Crippen LogP contribution in [0.1, 0.15) is 15.4 Å². The van der Waals surface area contributed by atoms with Crippen LogP contribution in [0.25, 0.3) is 0 Å². The summed E-state index contributed by atoms with van der Waals surface area (Å²) < 4.78 is 1.43. The van der Waals surface area contributed by atoms with Gasteiger partial charge in [0, 0.05) is 7.05 Å². The van der Waals surface area contributed by atoms with Crippen molar-refractivity contribution in [1.82, 2.24) is 20.0 Å². The van der Waals surface area contributed by atoms with E-state index >= 15 is 0 Å². The lowest BCUT2D eigenvalue weighted by Gasteiger charge is -1.99. The molecule has 8 heteroatoms. The van der Waals surface area contributed by atoms with E-state index in [1.54, 1.807) is 7.05 Å². The second-order valence-corrected chi connectivity index (χ2v) is 4.33. The van der Waals surface area contributed by atoms with Gasteiger partial charge in [-0.2, -0.15) is 5.10 Å². The molecule has 0 atom stereocenters. The molecule has 2 aromatic rings. The van der Waals surface area contributed by atoms with Gasteiger partial charge in [0.2, 0.25) is 5.13 Å². The van der Waals surface area contributed by atoms with Crippen molar-refractivity contribution < 1.29 is 4.79 Å². The van der Waals surface area contributed by atoms with Crippen molar-refractivity contribution in [1.29, 1.82) is 0 Å². The Morgan fingerprint density at radius 1 is 1.56 bits per heavy atom. The highest BCUT2D eigenvalue weighted by atomic mass is 32.1. The fourth-order valence-corrected chi connectivity index (χ4v) is 1.72. The first-order valence-corrected chi connectivity index (χ1v) is 5.28. The van der Waals surface area contributed by atoms with Gasteiger partial charge in [-0.1, -0.05) is 11.3 Å². The number of hydrogen-bond donors (Lipinski definition) is 2. The molecule has 7 nitrogen and oxygen atoms in total. The van der Waals surface area contributed by atoms with Crippen molar-refractivity contribution in [2.45, 2.75) is 6.92 Å². The zero-order valence-electron chi connectivity index (χ0n) is 8.76. The van der Waals surface area contributed by atoms with E-state index in [0.717, 1.165) is 5.01 Å². The Balaban J connectivity index is 2.18. The maximum Gasteiger partial charge on any atom is 0.262 e. The van der Waals surface area contributed by atoms with Gasteiger partial charge in [0.1, 0.15) is 16.4 Å². The largest absolute Gasteiger partial charge is 0.383 e. The molecule has 0 aliphatic rings. The lowest BCUT2D eigenvalue weighted by molar-refractivity contribution is 0.102. The molecule has 0 aliphatic heterocycles. The van der Waals surface area contributed by atoms with Crippen molar-refractivity contribution in [3.63, 3.8) is 0 Å². The van der Waals surface area contributed by atoms with Crippen LogP contribution in [0.2, 0.25) is 0 Å². The monoisotopic (exact) mass is 238 g/mol. The molecule has 0 fully saturated rings. The van der Waals surface area contributed by atoms with E-state index in [-0.39, 0.29) is 5.91 Å². The molecule has 0 aliphatic carbocycles. The molecule has 0 saturated carbocycles. The van der Waals surface area contributed by atoms with Crippen LogP contribution in [-0.2, 0) is 7.05 Å². The van der Waals surface area contributed by atoms with Crippen LogP contribution in [0.5, 0.6) is 0 Å². The summed E-state index contributed by atoms with van der Waals surface area (Å²) in [5.74, 6) is -0.0134. The third-order valence-electron chi connectivity index (χ3n) is 1.98. The van der Waals surface area contributed by atoms with Crippen LogP contribution >= 0.6 is 11.3 Å². The summed E-state index contributed by atoms with van der Waals surface area (Å²) in [4.78, 5) is 11.8. The predicted octanol–water partition coefficient (Wildman–Crippen LogP) is 0.415. The highest BCUT2D eigenvalue weighted by molar-refractivity contribution is 7.15. The normalized spacial score (nSPS) is 10.4. The molecule has 0 unspecified atom stereocenters. The minimum Gasteiger partial charge on any atom is -0.383 e. The zero-order valence-corrected chi connectivity index (χ0v) is 9.58. The summed E-state index contributed by atoms with van der Waals surface area (Å²) in [5.41, 5.74) is 6.00. The van der Waals surface area contributed by atoms with Gasteiger partial charge in [-0.3, -0.25) is 14.8 Å². The number of hydrogen-bond acceptors (Lipinski definition) is 6. The van der Waals surface area contributed by atoms with E-state index in [0.29, 0.717) is 16.5 Å². The third-order valence-corrected chi connectivity index (χ3v) is 2.73. The summed E-state index contributed by atoms with van der Waals surface area (Å²) in [7, 11) is 1.67. The average Bonchev–Trinajstić information content (AvgIpc) is 2.76. The van der Waals surface area contributed by atoms with Gasteiger partial charge >= 0.3 is 0 Å². The number of carbonyl (C=O) groups excluding carboxylic acids is 1. The van der Waals surface area contributed by atoms with Gasteiger partial charge in [-0.15, -0.1) is 10.2 Å². The second kappa shape index (κ2) is 3.89. The lowest BCUT2D eigenvalue weighted by atomic mass is 10.3. The molecular formula is C8H10N6OS. The van der Waals surface area contributed by atoms with Gasteiger partial charge in [0.15, 0.2) is 0 Å². The molecule has 16 heavy (non-hydrogen) atoms. The van der Waals surface area contributed by atoms with Crippen LogP contribution in [0.15, 0.2) is 6.20 Å². The van der Waals surface area contributed by atoms with Crippen LogP contribution in [-0.4, -0.2) is 25.9 Å². The SMILES string of the molecule is Cc1nnc(NC(=O)c2cnn(C)c2N)s1. The van der Waals surface area contributed by atoms with E-state index in [2.05, 4.69) is 20.6 Å². The minimum atomic E-state index is -0.332. The number of nitrogens with one attached hydrogen (secondary N) is 1. The van der Waals surface area contributed by atoms with Gasteiger partial charge < -0.3 is 5.73 Å². The van der Waals surface area contributed by atoms with Gasteiger partial charge in [-0.05, 0) is 6.92 Å². The van der Waals surface area contributed by atoms with Crippen LogP contribution in [0.4, 0.5) is 10.9 Å². The Morgan fingerprint density at radius 2 is 2.31 bits per heavy atom. The van der Waals surface area contributed by atoms with Gasteiger partial charge in [0.05, 0.1) is 6.20 Å². The number of aromatic nitrogens is 4. The van der Waals surface area contributed by atoms with Gasteiger partial charge in [0.25, 0.3) is 5.91 Å². The Hall–Kier alpha value is -1.96. The van der Waals surface area contributed by atoms with Crippen LogP contribution < -0.4 is 11.1 Å². The highest BCUT2D eigenvalue weighted by Crippen LogP contribution is 2.16. The fourth-order valence-electron chi connectivity index (χ4n) is 1.13. The molecule has 2 rings (SSSR count). The Morgan fingerprint density at radius 3 is 2.81 bits per heavy atom. The number of nitrogens with zero attached hydrogens (tertiary/aromatic N) is 4. The maximum absolute atomic E-state index is 11.8. The second-order valence-electron chi connectivity index (χ2n) is 3.15. The molecular weight excluding hydrogens is 228 g/mol. The summed E-state index contributed by atoms with van der Waals surface area (Å²) in [5, 5.41) is 15.3. The van der Waals surface area contributed by atoms with E-state index in [4.69, 9.17) is 5.73 Å². The number of nitrogens with two attached hydrogens (primary N) is 1. The summed E-state index contributed by atoms with van der Waals surface area (Å²) in [6, 6.07) is 0.